The molecule has 1 aliphatic heterocycles. The van der Waals surface area contributed by atoms with Gasteiger partial charge in [0.2, 0.25) is 0 Å². The summed E-state index contributed by atoms with van der Waals surface area (Å²) in [7, 11) is 0. The van der Waals surface area contributed by atoms with Gasteiger partial charge in [-0.2, -0.15) is 0 Å². The zero-order chi connectivity index (χ0) is 16.8. The minimum atomic E-state index is -0.950. The number of hydrogen-bond donors (Lipinski definition) is 0. The summed E-state index contributed by atoms with van der Waals surface area (Å²) in [6.07, 6.45) is 0. The Balaban J connectivity index is 2.46. The number of hydrogen-bond acceptors (Lipinski definition) is 3. The fourth-order valence-corrected chi connectivity index (χ4v) is 2.51. The zero-order valence-electron chi connectivity index (χ0n) is 12.7. The first-order chi connectivity index (χ1) is 10.1. The maximum Gasteiger partial charge on any atom is 0.323 e. The number of anilines is 1. The maximum absolute atomic E-state index is 13.9. The Labute approximate surface area is 132 Å². The molecule has 1 saturated heterocycles. The summed E-state index contributed by atoms with van der Waals surface area (Å²) in [6, 6.07) is 2.39. The molecule has 0 spiro atoms. The van der Waals surface area contributed by atoms with Gasteiger partial charge in [0, 0.05) is 12.1 Å². The molecular weight excluding hydrogens is 310 g/mol. The van der Waals surface area contributed by atoms with Gasteiger partial charge < -0.3 is 0 Å². The number of carbonyl (C=O) groups is 2. The van der Waals surface area contributed by atoms with E-state index in [1.807, 2.05) is 20.8 Å². The van der Waals surface area contributed by atoms with E-state index in [2.05, 4.69) is 0 Å². The second-order valence-electron chi connectivity index (χ2n) is 6.24. The lowest BCUT2D eigenvalue weighted by molar-refractivity contribution is -0.140. The lowest BCUT2D eigenvalue weighted by Gasteiger charge is -2.34. The minimum Gasteiger partial charge on any atom is -0.277 e. The second kappa shape index (κ2) is 5.39. The van der Waals surface area contributed by atoms with Crippen LogP contribution in [0.3, 0.4) is 0 Å². The van der Waals surface area contributed by atoms with Crippen molar-refractivity contribution >= 4 is 34.8 Å². The van der Waals surface area contributed by atoms with Gasteiger partial charge >= 0.3 is 11.8 Å². The van der Waals surface area contributed by atoms with E-state index in [-0.39, 0.29) is 22.3 Å². The first kappa shape index (κ1) is 16.5. The molecule has 118 valence electrons. The van der Waals surface area contributed by atoms with Gasteiger partial charge in [0.25, 0.3) is 0 Å². The Kier molecular flexibility index (Phi) is 4.04. The van der Waals surface area contributed by atoms with Crippen molar-refractivity contribution in [2.24, 2.45) is 5.41 Å². The Hall–Kier alpha value is -1.89. The van der Waals surface area contributed by atoms with E-state index in [4.69, 9.17) is 12.2 Å². The predicted octanol–water partition coefficient (Wildman–Crippen LogP) is 2.86. The monoisotopic (exact) mass is 326 g/mol. The number of amides is 2. The van der Waals surface area contributed by atoms with Crippen LogP contribution in [0.25, 0.3) is 0 Å². The van der Waals surface area contributed by atoms with E-state index in [0.717, 1.165) is 17.0 Å². The Morgan fingerprint density at radius 3 is 2.23 bits per heavy atom. The Morgan fingerprint density at radius 1 is 1.14 bits per heavy atom. The first-order valence-electron chi connectivity index (χ1n) is 6.72. The van der Waals surface area contributed by atoms with Crippen LogP contribution < -0.4 is 4.90 Å². The molecule has 1 aromatic carbocycles. The summed E-state index contributed by atoms with van der Waals surface area (Å²) >= 11 is 5.19. The molecule has 1 aliphatic rings. The third-order valence-corrected chi connectivity index (χ3v) is 4.17. The Bertz CT molecular complexity index is 670. The van der Waals surface area contributed by atoms with Gasteiger partial charge in [-0.1, -0.05) is 20.8 Å². The average molecular weight is 326 g/mol. The molecule has 0 radical (unpaired) electrons. The summed E-state index contributed by atoms with van der Waals surface area (Å²) < 4.78 is 26.9. The van der Waals surface area contributed by atoms with Crippen molar-refractivity contribution in [1.29, 1.82) is 0 Å². The van der Waals surface area contributed by atoms with E-state index in [1.165, 1.54) is 4.90 Å². The number of benzene rings is 1. The number of thiocarbonyl (C=S) groups is 1. The maximum atomic E-state index is 13.9. The van der Waals surface area contributed by atoms with Crippen molar-refractivity contribution in [3.63, 3.8) is 0 Å². The van der Waals surface area contributed by atoms with Crippen LogP contribution in [-0.2, 0) is 9.59 Å². The van der Waals surface area contributed by atoms with Crippen LogP contribution in [0.4, 0.5) is 14.5 Å². The van der Waals surface area contributed by atoms with Gasteiger partial charge in [-0.05, 0) is 36.7 Å². The average Bonchev–Trinajstić information content (AvgIpc) is 2.60. The highest BCUT2D eigenvalue weighted by Crippen LogP contribution is 2.31. The first-order valence-corrected chi connectivity index (χ1v) is 7.13. The van der Waals surface area contributed by atoms with Crippen molar-refractivity contribution in [3.05, 3.63) is 29.8 Å². The number of rotatable bonds is 2. The van der Waals surface area contributed by atoms with Crippen molar-refractivity contribution in [1.82, 2.24) is 4.90 Å². The second-order valence-corrected chi connectivity index (χ2v) is 6.60. The lowest BCUT2D eigenvalue weighted by atomic mass is 9.87. The summed E-state index contributed by atoms with van der Waals surface area (Å²) in [5.41, 5.74) is -0.550. The largest absolute Gasteiger partial charge is 0.323 e. The van der Waals surface area contributed by atoms with Crippen LogP contribution in [0, 0.1) is 17.0 Å². The van der Waals surface area contributed by atoms with Gasteiger partial charge in [-0.15, -0.1) is 0 Å². The number of halogens is 2. The molecule has 2 amide bonds. The van der Waals surface area contributed by atoms with Crippen molar-refractivity contribution < 1.29 is 18.4 Å². The lowest BCUT2D eigenvalue weighted by Crippen LogP contribution is -2.46. The smallest absolute Gasteiger partial charge is 0.277 e. The van der Waals surface area contributed by atoms with Gasteiger partial charge in [-0.3, -0.25) is 14.5 Å². The molecule has 1 aromatic rings. The van der Waals surface area contributed by atoms with Crippen LogP contribution in [0.1, 0.15) is 27.7 Å². The normalized spacial score (nSPS) is 17.5. The third kappa shape index (κ3) is 2.61. The van der Waals surface area contributed by atoms with E-state index < -0.39 is 23.4 Å². The summed E-state index contributed by atoms with van der Waals surface area (Å²) in [5, 5.41) is -0.0945. The molecule has 0 N–H and O–H groups in total. The molecule has 0 aliphatic carbocycles. The molecule has 1 fully saturated rings. The highest BCUT2D eigenvalue weighted by atomic mass is 32.1. The van der Waals surface area contributed by atoms with Gasteiger partial charge in [-0.25, -0.2) is 13.7 Å². The number of carbonyl (C=O) groups excluding carboxylic acids is 2. The molecule has 0 aromatic heterocycles. The molecule has 22 heavy (non-hydrogen) atoms. The molecule has 7 heteroatoms. The summed E-state index contributed by atoms with van der Waals surface area (Å²) in [4.78, 5) is 26.4. The SMILES string of the molecule is CC(N1C(=O)C(=O)N(c2ccc(F)cc2F)C1=S)C(C)(C)C. The number of nitrogens with zero attached hydrogens (tertiary/aromatic N) is 2. The van der Waals surface area contributed by atoms with Crippen LogP contribution in [-0.4, -0.2) is 27.9 Å². The standard InChI is InChI=1S/C15H16F2N2O2S/c1-8(15(2,3)4)18-12(20)13(21)19(14(18)22)11-6-5-9(16)7-10(11)17/h5-8H,1-4H3. The van der Waals surface area contributed by atoms with Gasteiger partial charge in [0.05, 0.1) is 5.69 Å². The highest BCUT2D eigenvalue weighted by molar-refractivity contribution is 7.80. The summed E-state index contributed by atoms with van der Waals surface area (Å²) in [5.74, 6) is -3.47. The topological polar surface area (TPSA) is 40.6 Å². The van der Waals surface area contributed by atoms with Crippen LogP contribution in [0.5, 0.6) is 0 Å². The molecule has 4 nitrogen and oxygen atoms in total. The van der Waals surface area contributed by atoms with Crippen LogP contribution >= 0.6 is 12.2 Å². The van der Waals surface area contributed by atoms with Crippen molar-refractivity contribution in [2.75, 3.05) is 4.90 Å². The summed E-state index contributed by atoms with van der Waals surface area (Å²) in [6.45, 7) is 7.47. The van der Waals surface area contributed by atoms with Crippen LogP contribution in [0.15, 0.2) is 18.2 Å². The molecule has 0 bridgehead atoms. The zero-order valence-corrected chi connectivity index (χ0v) is 13.5. The van der Waals surface area contributed by atoms with Gasteiger partial charge in [0.15, 0.2) is 5.11 Å². The quantitative estimate of drug-likeness (QED) is 0.620. The molecular formula is C15H16F2N2O2S. The van der Waals surface area contributed by atoms with E-state index in [9.17, 15) is 18.4 Å². The van der Waals surface area contributed by atoms with E-state index >= 15 is 0 Å². The molecule has 0 saturated carbocycles. The van der Waals surface area contributed by atoms with E-state index in [1.54, 1.807) is 6.92 Å². The van der Waals surface area contributed by atoms with Gasteiger partial charge in [0.1, 0.15) is 11.6 Å². The van der Waals surface area contributed by atoms with Crippen molar-refractivity contribution in [3.8, 4) is 0 Å². The predicted molar refractivity (Wildman–Crippen MR) is 82.2 cm³/mol. The molecule has 1 atom stereocenters. The molecule has 1 heterocycles. The fraction of sp³-hybridized carbons (Fsp3) is 0.400. The van der Waals surface area contributed by atoms with Crippen LogP contribution in [0.2, 0.25) is 0 Å². The molecule has 2 rings (SSSR count). The van der Waals surface area contributed by atoms with E-state index in [0.29, 0.717) is 6.07 Å². The van der Waals surface area contributed by atoms with Crippen molar-refractivity contribution in [2.45, 2.75) is 33.7 Å². The fourth-order valence-electron chi connectivity index (χ4n) is 2.08. The minimum absolute atomic E-state index is 0.0945. The Morgan fingerprint density at radius 2 is 1.73 bits per heavy atom. The highest BCUT2D eigenvalue weighted by Gasteiger charge is 2.47. The molecule has 1 unspecified atom stereocenters. The third-order valence-electron chi connectivity index (χ3n) is 3.79.